The number of guanidine groups is 1. The van der Waals surface area contributed by atoms with E-state index in [1.54, 1.807) is 0 Å². The van der Waals surface area contributed by atoms with E-state index in [2.05, 4.69) is 52.4 Å². The lowest BCUT2D eigenvalue weighted by Crippen LogP contribution is -2.49. The third-order valence-corrected chi connectivity index (χ3v) is 6.31. The fourth-order valence-corrected chi connectivity index (χ4v) is 4.53. The first kappa shape index (κ1) is 24.7. The van der Waals surface area contributed by atoms with Crippen LogP contribution in [0.25, 0.3) is 0 Å². The molecule has 2 aliphatic rings. The number of halogens is 1. The molecule has 0 radical (unpaired) electrons. The quantitative estimate of drug-likeness (QED) is 0.248. The van der Waals surface area contributed by atoms with Crippen LogP contribution in [0.1, 0.15) is 55.9 Å². The van der Waals surface area contributed by atoms with Gasteiger partial charge in [-0.25, -0.2) is 4.98 Å². The van der Waals surface area contributed by atoms with Crippen molar-refractivity contribution in [3.63, 3.8) is 0 Å². The van der Waals surface area contributed by atoms with Gasteiger partial charge in [0.1, 0.15) is 17.5 Å². The van der Waals surface area contributed by atoms with Crippen molar-refractivity contribution < 1.29 is 0 Å². The summed E-state index contributed by atoms with van der Waals surface area (Å²) in [6.07, 6.45) is 9.00. The Kier molecular flexibility index (Phi) is 9.55. The minimum absolute atomic E-state index is 0. The molecule has 0 atom stereocenters. The molecular formula is C23H37IN8. The molecular weight excluding hydrogens is 515 g/mol. The van der Waals surface area contributed by atoms with E-state index >= 15 is 0 Å². The first-order chi connectivity index (χ1) is 15.2. The van der Waals surface area contributed by atoms with Gasteiger partial charge in [-0.05, 0) is 51.2 Å². The van der Waals surface area contributed by atoms with E-state index in [0.29, 0.717) is 6.04 Å². The topological polar surface area (TPSA) is 83.3 Å². The fourth-order valence-electron chi connectivity index (χ4n) is 4.53. The summed E-state index contributed by atoms with van der Waals surface area (Å²) in [6, 6.07) is 6.69. The number of rotatable bonds is 6. The van der Waals surface area contributed by atoms with E-state index < -0.39 is 0 Å². The van der Waals surface area contributed by atoms with Crippen molar-refractivity contribution in [3.8, 4) is 0 Å². The van der Waals surface area contributed by atoms with E-state index in [-0.39, 0.29) is 24.0 Å². The number of nitrogens with zero attached hydrogens (tertiary/aromatic N) is 6. The Balaban J connectivity index is 0.00000289. The van der Waals surface area contributed by atoms with Crippen LogP contribution in [0.2, 0.25) is 0 Å². The molecule has 8 nitrogen and oxygen atoms in total. The summed E-state index contributed by atoms with van der Waals surface area (Å²) in [5, 5.41) is 15.9. The van der Waals surface area contributed by atoms with E-state index in [4.69, 9.17) is 0 Å². The predicted octanol–water partition coefficient (Wildman–Crippen LogP) is 3.09. The molecule has 0 aliphatic carbocycles. The summed E-state index contributed by atoms with van der Waals surface area (Å²) in [5.74, 6) is 4.29. The molecule has 0 aromatic carbocycles. The van der Waals surface area contributed by atoms with Crippen LogP contribution in [-0.4, -0.2) is 58.4 Å². The lowest BCUT2D eigenvalue weighted by atomic mass is 10.1. The Morgan fingerprint density at radius 3 is 2.75 bits per heavy atom. The molecule has 0 unspecified atom stereocenters. The van der Waals surface area contributed by atoms with Gasteiger partial charge in [0, 0.05) is 57.8 Å². The van der Waals surface area contributed by atoms with Crippen LogP contribution in [0.3, 0.4) is 0 Å². The molecule has 4 heterocycles. The first-order valence-corrected chi connectivity index (χ1v) is 11.8. The van der Waals surface area contributed by atoms with Crippen molar-refractivity contribution >= 4 is 35.8 Å². The minimum Gasteiger partial charge on any atom is -0.356 e. The summed E-state index contributed by atoms with van der Waals surface area (Å²) in [6.45, 7) is 6.04. The highest BCUT2D eigenvalue weighted by atomic mass is 127. The Morgan fingerprint density at radius 1 is 1.12 bits per heavy atom. The number of aryl methyl sites for hydroxylation is 3. The van der Waals surface area contributed by atoms with Gasteiger partial charge in [0.15, 0.2) is 5.96 Å². The number of aromatic nitrogens is 4. The second kappa shape index (κ2) is 12.4. The Labute approximate surface area is 208 Å². The second-order valence-electron chi connectivity index (χ2n) is 8.64. The largest absolute Gasteiger partial charge is 0.356 e. The smallest absolute Gasteiger partial charge is 0.191 e. The molecule has 2 aliphatic heterocycles. The summed E-state index contributed by atoms with van der Waals surface area (Å²) >= 11 is 0. The van der Waals surface area contributed by atoms with Gasteiger partial charge in [-0.2, -0.15) is 0 Å². The fraction of sp³-hybridized carbons (Fsp3) is 0.652. The van der Waals surface area contributed by atoms with Gasteiger partial charge < -0.3 is 20.1 Å². The van der Waals surface area contributed by atoms with Crippen LogP contribution in [0.4, 0.5) is 5.82 Å². The van der Waals surface area contributed by atoms with E-state index in [0.717, 1.165) is 81.6 Å². The molecule has 2 aromatic heterocycles. The molecule has 4 rings (SSSR count). The monoisotopic (exact) mass is 552 g/mol. The van der Waals surface area contributed by atoms with Crippen LogP contribution in [0.15, 0.2) is 23.2 Å². The number of hydrogen-bond donors (Lipinski definition) is 2. The summed E-state index contributed by atoms with van der Waals surface area (Å²) in [7, 11) is 1.85. The normalized spacial score (nSPS) is 17.3. The van der Waals surface area contributed by atoms with Gasteiger partial charge in [-0.1, -0.05) is 12.5 Å². The lowest BCUT2D eigenvalue weighted by Gasteiger charge is -2.34. The SMILES string of the molecule is CN=C(NCCCc1nnc2n1CCCCC2)NC1CCN(c2cccc(C)n2)CC1.I. The number of aliphatic imine (C=N–C) groups is 1. The van der Waals surface area contributed by atoms with Crippen LogP contribution in [0, 0.1) is 6.92 Å². The zero-order valence-electron chi connectivity index (χ0n) is 19.4. The maximum absolute atomic E-state index is 4.66. The van der Waals surface area contributed by atoms with E-state index in [1.165, 1.54) is 25.1 Å². The van der Waals surface area contributed by atoms with Crippen LogP contribution >= 0.6 is 24.0 Å². The number of piperidine rings is 1. The third-order valence-electron chi connectivity index (χ3n) is 6.31. The number of nitrogens with one attached hydrogen (secondary N) is 2. The van der Waals surface area contributed by atoms with Crippen molar-refractivity contribution in [2.24, 2.45) is 4.99 Å². The van der Waals surface area contributed by atoms with E-state index in [1.807, 2.05) is 20.0 Å². The Hall–Kier alpha value is -1.91. The molecule has 176 valence electrons. The zero-order valence-corrected chi connectivity index (χ0v) is 21.7. The molecule has 0 saturated carbocycles. The van der Waals surface area contributed by atoms with Crippen molar-refractivity contribution in [1.29, 1.82) is 0 Å². The zero-order chi connectivity index (χ0) is 21.5. The highest BCUT2D eigenvalue weighted by molar-refractivity contribution is 14.0. The van der Waals surface area contributed by atoms with Crippen molar-refractivity contribution in [2.75, 3.05) is 31.6 Å². The standard InChI is InChI=1S/C23H36N8.HI/c1-18-8-6-10-20(26-18)30-16-12-19(13-17-30)27-23(24-2)25-14-7-11-22-29-28-21-9-4-3-5-15-31(21)22;/h6,8,10,19H,3-5,7,9,11-17H2,1-2H3,(H2,24,25,27);1H. The van der Waals surface area contributed by atoms with Crippen molar-refractivity contribution in [1.82, 2.24) is 30.4 Å². The minimum atomic E-state index is 0. The van der Waals surface area contributed by atoms with Gasteiger partial charge >= 0.3 is 0 Å². The summed E-state index contributed by atoms with van der Waals surface area (Å²) < 4.78 is 2.34. The first-order valence-electron chi connectivity index (χ1n) is 11.8. The highest BCUT2D eigenvalue weighted by Crippen LogP contribution is 2.18. The molecule has 1 fully saturated rings. The maximum Gasteiger partial charge on any atom is 0.191 e. The second-order valence-corrected chi connectivity index (χ2v) is 8.64. The molecule has 2 aromatic rings. The highest BCUT2D eigenvalue weighted by Gasteiger charge is 2.21. The number of hydrogen-bond acceptors (Lipinski definition) is 5. The van der Waals surface area contributed by atoms with Crippen molar-refractivity contribution in [3.05, 3.63) is 35.5 Å². The molecule has 1 saturated heterocycles. The molecule has 0 bridgehead atoms. The average molecular weight is 553 g/mol. The van der Waals surface area contributed by atoms with Gasteiger partial charge in [0.05, 0.1) is 0 Å². The molecule has 0 amide bonds. The van der Waals surface area contributed by atoms with E-state index in [9.17, 15) is 0 Å². The van der Waals surface area contributed by atoms with Gasteiger partial charge in [-0.3, -0.25) is 4.99 Å². The number of fused-ring (bicyclic) bond motifs is 1. The average Bonchev–Trinajstić information content (AvgIpc) is 3.01. The third kappa shape index (κ3) is 6.55. The number of pyridine rings is 1. The lowest BCUT2D eigenvalue weighted by molar-refractivity contribution is 0.459. The summed E-state index contributed by atoms with van der Waals surface area (Å²) in [5.41, 5.74) is 1.07. The van der Waals surface area contributed by atoms with Crippen LogP contribution in [0.5, 0.6) is 0 Å². The van der Waals surface area contributed by atoms with Crippen molar-refractivity contribution in [2.45, 2.75) is 70.9 Å². The van der Waals surface area contributed by atoms with Gasteiger partial charge in [-0.15, -0.1) is 34.2 Å². The maximum atomic E-state index is 4.66. The molecule has 9 heteroatoms. The molecule has 0 spiro atoms. The van der Waals surface area contributed by atoms with Gasteiger partial charge in [0.2, 0.25) is 0 Å². The van der Waals surface area contributed by atoms with Gasteiger partial charge in [0.25, 0.3) is 0 Å². The van der Waals surface area contributed by atoms with Crippen LogP contribution in [-0.2, 0) is 19.4 Å². The Morgan fingerprint density at radius 2 is 1.97 bits per heavy atom. The molecule has 32 heavy (non-hydrogen) atoms. The summed E-state index contributed by atoms with van der Waals surface area (Å²) in [4.78, 5) is 11.5. The van der Waals surface area contributed by atoms with Crippen LogP contribution < -0.4 is 15.5 Å². The number of anilines is 1. The molecule has 2 N–H and O–H groups in total. The Bertz CT molecular complexity index is 873. The predicted molar refractivity (Wildman–Crippen MR) is 140 cm³/mol.